The number of fused-ring (bicyclic) bond motifs is 1. The van der Waals surface area contributed by atoms with Gasteiger partial charge in [-0.05, 0) is 48.9 Å². The van der Waals surface area contributed by atoms with Gasteiger partial charge in [-0.3, -0.25) is 0 Å². The molecule has 116 valence electrons. The molecule has 2 N–H and O–H groups in total. The molecule has 0 atom stereocenters. The molecule has 21 heavy (non-hydrogen) atoms. The van der Waals surface area contributed by atoms with Gasteiger partial charge in [-0.2, -0.15) is 0 Å². The lowest BCUT2D eigenvalue weighted by Gasteiger charge is -2.23. The molecule has 1 aromatic rings. The van der Waals surface area contributed by atoms with Gasteiger partial charge in [-0.1, -0.05) is 31.4 Å². The lowest BCUT2D eigenvalue weighted by atomic mass is 9.90. The van der Waals surface area contributed by atoms with Crippen molar-refractivity contribution < 1.29 is 8.42 Å². The molecule has 1 saturated carbocycles. The van der Waals surface area contributed by atoms with Crippen molar-refractivity contribution >= 4 is 10.0 Å². The number of benzene rings is 1. The normalized spacial score (nSPS) is 20.2. The van der Waals surface area contributed by atoms with Crippen molar-refractivity contribution in [3.8, 4) is 0 Å². The molecule has 1 heterocycles. The van der Waals surface area contributed by atoms with E-state index >= 15 is 0 Å². The smallest absolute Gasteiger partial charge is 0.240 e. The Balaban J connectivity index is 1.75. The van der Waals surface area contributed by atoms with Gasteiger partial charge in [-0.25, -0.2) is 13.1 Å². The van der Waals surface area contributed by atoms with Crippen molar-refractivity contribution in [2.45, 2.75) is 50.0 Å². The summed E-state index contributed by atoms with van der Waals surface area (Å²) < 4.78 is 28.1. The molecule has 1 aliphatic heterocycles. The van der Waals surface area contributed by atoms with E-state index in [1.165, 1.54) is 19.3 Å². The molecule has 2 aliphatic rings. The molecular formula is C16H24N2O2S. The minimum atomic E-state index is -3.38. The highest BCUT2D eigenvalue weighted by Crippen LogP contribution is 2.25. The van der Waals surface area contributed by atoms with Crippen LogP contribution >= 0.6 is 0 Å². The van der Waals surface area contributed by atoms with E-state index in [0.29, 0.717) is 17.4 Å². The first-order chi connectivity index (χ1) is 10.2. The van der Waals surface area contributed by atoms with E-state index in [4.69, 9.17) is 0 Å². The van der Waals surface area contributed by atoms with E-state index in [1.807, 2.05) is 12.1 Å². The highest BCUT2D eigenvalue weighted by molar-refractivity contribution is 7.89. The van der Waals surface area contributed by atoms with Gasteiger partial charge < -0.3 is 5.32 Å². The summed E-state index contributed by atoms with van der Waals surface area (Å²) in [6.07, 6.45) is 6.86. The van der Waals surface area contributed by atoms with Crippen LogP contribution in [0.2, 0.25) is 0 Å². The molecule has 0 bridgehead atoms. The molecule has 3 rings (SSSR count). The standard InChI is InChI=1S/C16H24N2O2S/c19-21(20,18-11-13-5-2-1-3-6-13)16-8-4-7-14-12-17-10-9-15(14)16/h4,7-8,13,17-18H,1-3,5-6,9-12H2. The molecule has 1 aromatic carbocycles. The maximum absolute atomic E-state index is 12.6. The van der Waals surface area contributed by atoms with Crippen LogP contribution in [0.15, 0.2) is 23.1 Å². The average Bonchev–Trinajstić information content (AvgIpc) is 2.53. The summed E-state index contributed by atoms with van der Waals surface area (Å²) in [5.41, 5.74) is 2.11. The number of rotatable bonds is 4. The minimum absolute atomic E-state index is 0.484. The summed E-state index contributed by atoms with van der Waals surface area (Å²) in [6.45, 7) is 2.20. The van der Waals surface area contributed by atoms with Crippen molar-refractivity contribution in [3.05, 3.63) is 29.3 Å². The molecule has 0 spiro atoms. The van der Waals surface area contributed by atoms with Crippen LogP contribution in [-0.4, -0.2) is 21.5 Å². The Morgan fingerprint density at radius 2 is 2.00 bits per heavy atom. The second-order valence-corrected chi connectivity index (χ2v) is 7.91. The summed E-state index contributed by atoms with van der Waals surface area (Å²) in [4.78, 5) is 0.484. The first kappa shape index (κ1) is 15.0. The topological polar surface area (TPSA) is 58.2 Å². The average molecular weight is 308 g/mol. The van der Waals surface area contributed by atoms with Gasteiger partial charge in [0.15, 0.2) is 0 Å². The van der Waals surface area contributed by atoms with E-state index < -0.39 is 10.0 Å². The maximum atomic E-state index is 12.6. The third kappa shape index (κ3) is 3.47. The summed E-state index contributed by atoms with van der Waals surface area (Å²) in [7, 11) is -3.38. The molecule has 5 heteroatoms. The van der Waals surface area contributed by atoms with Gasteiger partial charge in [0.2, 0.25) is 10.0 Å². The molecule has 1 fully saturated rings. The summed E-state index contributed by atoms with van der Waals surface area (Å²) in [5.74, 6) is 0.509. The summed E-state index contributed by atoms with van der Waals surface area (Å²) >= 11 is 0. The van der Waals surface area contributed by atoms with Crippen LogP contribution < -0.4 is 10.0 Å². The highest BCUT2D eigenvalue weighted by atomic mass is 32.2. The largest absolute Gasteiger partial charge is 0.312 e. The first-order valence-corrected chi connectivity index (χ1v) is 9.46. The third-order valence-electron chi connectivity index (χ3n) is 4.67. The fourth-order valence-corrected chi connectivity index (χ4v) is 4.87. The van der Waals surface area contributed by atoms with Gasteiger partial charge >= 0.3 is 0 Å². The second kappa shape index (κ2) is 6.46. The number of nitrogens with one attached hydrogen (secondary N) is 2. The minimum Gasteiger partial charge on any atom is -0.312 e. The zero-order valence-corrected chi connectivity index (χ0v) is 13.2. The molecule has 0 aromatic heterocycles. The van der Waals surface area contributed by atoms with Crippen LogP contribution in [-0.2, 0) is 23.0 Å². The Bertz CT molecular complexity index is 592. The zero-order valence-electron chi connectivity index (χ0n) is 12.4. The highest BCUT2D eigenvalue weighted by Gasteiger charge is 2.23. The number of hydrogen-bond donors (Lipinski definition) is 2. The van der Waals surface area contributed by atoms with Crippen molar-refractivity contribution in [2.24, 2.45) is 5.92 Å². The summed E-state index contributed by atoms with van der Waals surface area (Å²) in [6, 6.07) is 5.61. The maximum Gasteiger partial charge on any atom is 0.240 e. The SMILES string of the molecule is O=S(=O)(NCC1CCCCC1)c1cccc2c1CCNC2. The van der Waals surface area contributed by atoms with E-state index in [2.05, 4.69) is 10.0 Å². The fourth-order valence-electron chi connectivity index (χ4n) is 3.45. The van der Waals surface area contributed by atoms with Crippen molar-refractivity contribution in [1.82, 2.24) is 10.0 Å². The van der Waals surface area contributed by atoms with E-state index in [-0.39, 0.29) is 0 Å². The first-order valence-electron chi connectivity index (χ1n) is 7.98. The number of sulfonamides is 1. The van der Waals surface area contributed by atoms with Crippen LogP contribution in [0.5, 0.6) is 0 Å². The molecular weight excluding hydrogens is 284 g/mol. The molecule has 4 nitrogen and oxygen atoms in total. The number of hydrogen-bond acceptors (Lipinski definition) is 3. The summed E-state index contributed by atoms with van der Waals surface area (Å²) in [5, 5.41) is 3.29. The van der Waals surface area contributed by atoms with E-state index in [1.54, 1.807) is 6.07 Å². The molecule has 0 amide bonds. The van der Waals surface area contributed by atoms with Crippen LogP contribution in [0, 0.1) is 5.92 Å². The lowest BCUT2D eigenvalue weighted by molar-refractivity contribution is 0.357. The quantitative estimate of drug-likeness (QED) is 0.896. The Morgan fingerprint density at radius 1 is 1.19 bits per heavy atom. The van der Waals surface area contributed by atoms with E-state index in [0.717, 1.165) is 43.5 Å². The van der Waals surface area contributed by atoms with Gasteiger partial charge in [0.25, 0.3) is 0 Å². The predicted octanol–water partition coefficient (Wildman–Crippen LogP) is 2.19. The van der Waals surface area contributed by atoms with E-state index in [9.17, 15) is 8.42 Å². The van der Waals surface area contributed by atoms with Gasteiger partial charge in [0.1, 0.15) is 0 Å². The second-order valence-electron chi connectivity index (χ2n) is 6.18. The van der Waals surface area contributed by atoms with Crippen molar-refractivity contribution in [3.63, 3.8) is 0 Å². The molecule has 0 radical (unpaired) electrons. The van der Waals surface area contributed by atoms with Crippen molar-refractivity contribution in [2.75, 3.05) is 13.1 Å². The predicted molar refractivity (Wildman–Crippen MR) is 83.6 cm³/mol. The van der Waals surface area contributed by atoms with Crippen LogP contribution in [0.4, 0.5) is 0 Å². The Hall–Kier alpha value is -0.910. The monoisotopic (exact) mass is 308 g/mol. The Kier molecular flexibility index (Phi) is 4.62. The van der Waals surface area contributed by atoms with Gasteiger partial charge in [0.05, 0.1) is 4.90 Å². The molecule has 0 saturated heterocycles. The van der Waals surface area contributed by atoms with Crippen LogP contribution in [0.1, 0.15) is 43.2 Å². The molecule has 0 unspecified atom stereocenters. The third-order valence-corrected chi connectivity index (χ3v) is 6.18. The Labute approximate surface area is 127 Å². The lowest BCUT2D eigenvalue weighted by Crippen LogP contribution is -2.32. The fraction of sp³-hybridized carbons (Fsp3) is 0.625. The van der Waals surface area contributed by atoms with Crippen molar-refractivity contribution in [1.29, 1.82) is 0 Å². The zero-order chi connectivity index (χ0) is 14.7. The van der Waals surface area contributed by atoms with Gasteiger partial charge in [-0.15, -0.1) is 0 Å². The van der Waals surface area contributed by atoms with Crippen LogP contribution in [0.3, 0.4) is 0 Å². The Morgan fingerprint density at radius 3 is 2.81 bits per heavy atom. The van der Waals surface area contributed by atoms with Crippen LogP contribution in [0.25, 0.3) is 0 Å². The molecule has 1 aliphatic carbocycles. The van der Waals surface area contributed by atoms with Gasteiger partial charge in [0, 0.05) is 13.1 Å².